The summed E-state index contributed by atoms with van der Waals surface area (Å²) in [7, 11) is 1.25. The minimum Gasteiger partial charge on any atom is -0.467 e. The number of benzene rings is 1. The van der Waals surface area contributed by atoms with Gasteiger partial charge in [-0.3, -0.25) is 9.69 Å². The van der Waals surface area contributed by atoms with Gasteiger partial charge in [0.1, 0.15) is 18.2 Å². The lowest BCUT2D eigenvalue weighted by molar-refractivity contribution is -0.152. The van der Waals surface area contributed by atoms with Crippen LogP contribution in [0.3, 0.4) is 0 Å². The molecule has 1 fully saturated rings. The molecule has 3 amide bonds. The number of alkyl carbamates (subject to hydrolysis) is 1. The first kappa shape index (κ1) is 26.5. The fourth-order valence-corrected chi connectivity index (χ4v) is 4.99. The Balaban J connectivity index is 1.62. The van der Waals surface area contributed by atoms with E-state index in [2.05, 4.69) is 5.32 Å². The summed E-state index contributed by atoms with van der Waals surface area (Å²) in [5.74, 6) is -1.06. The number of hydrogen-bond acceptors (Lipinski definition) is 7. The van der Waals surface area contributed by atoms with Crippen molar-refractivity contribution in [1.82, 2.24) is 15.1 Å². The zero-order valence-corrected chi connectivity index (χ0v) is 21.8. The molecule has 0 radical (unpaired) electrons. The highest BCUT2D eigenvalue weighted by molar-refractivity contribution is 5.91. The number of nitrogens with zero attached hydrogens (tertiary/aromatic N) is 2. The standard InChI is InChI=1S/C27H35N3O7/c1-27(2,3)22-23(31)30-15-19(13-21(30)24(32)35-4)37-26(34)29-14-18-11-8-10-17(20(18)16-29)9-6-5-7-12-36-25(33)28-22/h6,8-11,19,21-22H,5,7,12-16H2,1-4H3,(H,28,33)/t19-,21+,22-/m1/s1. The second-order valence-electron chi connectivity index (χ2n) is 10.7. The summed E-state index contributed by atoms with van der Waals surface area (Å²) in [6, 6.07) is 4.06. The number of carbonyl (C=O) groups excluding carboxylic acids is 4. The van der Waals surface area contributed by atoms with Gasteiger partial charge in [-0.15, -0.1) is 0 Å². The molecule has 0 saturated carbocycles. The van der Waals surface area contributed by atoms with E-state index in [4.69, 9.17) is 14.2 Å². The van der Waals surface area contributed by atoms with E-state index in [-0.39, 0.29) is 19.6 Å². The van der Waals surface area contributed by atoms with Crippen molar-refractivity contribution in [3.8, 4) is 0 Å². The number of fused-ring (bicyclic) bond motifs is 3. The van der Waals surface area contributed by atoms with Gasteiger partial charge in [-0.1, -0.05) is 51.1 Å². The number of allylic oxidation sites excluding steroid dienone is 1. The average Bonchev–Trinajstić information content (AvgIpc) is 3.47. The smallest absolute Gasteiger partial charge is 0.410 e. The van der Waals surface area contributed by atoms with Crippen LogP contribution in [0.15, 0.2) is 24.3 Å². The lowest BCUT2D eigenvalue weighted by Crippen LogP contribution is -2.57. The number of cyclic esters (lactones) is 1. The Bertz CT molecular complexity index is 1090. The third-order valence-electron chi connectivity index (χ3n) is 6.99. The first-order valence-corrected chi connectivity index (χ1v) is 12.6. The highest BCUT2D eigenvalue weighted by Gasteiger charge is 2.47. The van der Waals surface area contributed by atoms with Crippen LogP contribution < -0.4 is 5.32 Å². The topological polar surface area (TPSA) is 114 Å². The minimum absolute atomic E-state index is 0.0163. The number of methoxy groups -OCH3 is 1. The summed E-state index contributed by atoms with van der Waals surface area (Å²) in [6.07, 6.45) is 3.56. The molecule has 10 heteroatoms. The summed E-state index contributed by atoms with van der Waals surface area (Å²) in [5.41, 5.74) is 2.47. The lowest BCUT2D eigenvalue weighted by Gasteiger charge is -2.34. The molecule has 0 spiro atoms. The Morgan fingerprint density at radius 1 is 1.16 bits per heavy atom. The van der Waals surface area contributed by atoms with Crippen LogP contribution in [0.4, 0.5) is 9.59 Å². The number of rotatable bonds is 1. The summed E-state index contributed by atoms with van der Waals surface area (Å²) < 4.78 is 16.1. The van der Waals surface area contributed by atoms with Crippen LogP contribution in [0.2, 0.25) is 0 Å². The van der Waals surface area contributed by atoms with E-state index in [0.717, 1.165) is 16.7 Å². The van der Waals surface area contributed by atoms with E-state index >= 15 is 0 Å². The molecule has 3 aliphatic heterocycles. The molecule has 1 aromatic rings. The van der Waals surface area contributed by atoms with Gasteiger partial charge in [0.2, 0.25) is 5.91 Å². The van der Waals surface area contributed by atoms with E-state index < -0.39 is 47.7 Å². The van der Waals surface area contributed by atoms with Crippen molar-refractivity contribution in [3.05, 3.63) is 41.0 Å². The number of hydrogen-bond donors (Lipinski definition) is 1. The van der Waals surface area contributed by atoms with Crippen molar-refractivity contribution in [2.45, 2.75) is 71.3 Å². The van der Waals surface area contributed by atoms with Crippen LogP contribution in [-0.4, -0.2) is 72.3 Å². The number of nitrogens with one attached hydrogen (secondary N) is 1. The van der Waals surface area contributed by atoms with Crippen molar-refractivity contribution < 1.29 is 33.4 Å². The lowest BCUT2D eigenvalue weighted by atomic mass is 9.85. The summed E-state index contributed by atoms with van der Waals surface area (Å²) in [5, 5.41) is 2.68. The van der Waals surface area contributed by atoms with Gasteiger partial charge < -0.3 is 24.4 Å². The first-order chi connectivity index (χ1) is 17.6. The molecule has 10 nitrogen and oxygen atoms in total. The largest absolute Gasteiger partial charge is 0.467 e. The molecule has 0 unspecified atom stereocenters. The Morgan fingerprint density at radius 3 is 2.68 bits per heavy atom. The Kier molecular flexibility index (Phi) is 7.75. The van der Waals surface area contributed by atoms with Crippen LogP contribution in [-0.2, 0) is 36.9 Å². The van der Waals surface area contributed by atoms with Gasteiger partial charge in [0.15, 0.2) is 0 Å². The zero-order valence-electron chi connectivity index (χ0n) is 21.8. The molecule has 3 heterocycles. The van der Waals surface area contributed by atoms with Crippen LogP contribution in [0.25, 0.3) is 6.08 Å². The fourth-order valence-electron chi connectivity index (χ4n) is 4.99. The highest BCUT2D eigenvalue weighted by Crippen LogP contribution is 2.31. The monoisotopic (exact) mass is 513 g/mol. The van der Waals surface area contributed by atoms with Gasteiger partial charge >= 0.3 is 18.2 Å². The van der Waals surface area contributed by atoms with Gasteiger partial charge in [0.05, 0.1) is 26.8 Å². The Morgan fingerprint density at radius 2 is 1.95 bits per heavy atom. The molecule has 0 aromatic heterocycles. The van der Waals surface area contributed by atoms with Crippen molar-refractivity contribution in [2.24, 2.45) is 5.41 Å². The predicted octanol–water partition coefficient (Wildman–Crippen LogP) is 3.23. The fraction of sp³-hybridized carbons (Fsp3) is 0.556. The summed E-state index contributed by atoms with van der Waals surface area (Å²) in [4.78, 5) is 54.9. The molecule has 4 bridgehead atoms. The van der Waals surface area contributed by atoms with Gasteiger partial charge in [-0.25, -0.2) is 14.4 Å². The van der Waals surface area contributed by atoms with Crippen molar-refractivity contribution >= 4 is 30.1 Å². The highest BCUT2D eigenvalue weighted by atomic mass is 16.6. The summed E-state index contributed by atoms with van der Waals surface area (Å²) >= 11 is 0. The molecule has 3 atom stereocenters. The van der Waals surface area contributed by atoms with Gasteiger partial charge in [-0.05, 0) is 34.9 Å². The minimum atomic E-state index is -0.964. The number of carbonyl (C=O) groups is 4. The number of esters is 1. The molecular weight excluding hydrogens is 478 g/mol. The van der Waals surface area contributed by atoms with Gasteiger partial charge in [0, 0.05) is 13.0 Å². The molecule has 1 aromatic carbocycles. The first-order valence-electron chi connectivity index (χ1n) is 12.6. The van der Waals surface area contributed by atoms with Crippen molar-refractivity contribution in [1.29, 1.82) is 0 Å². The predicted molar refractivity (Wildman–Crippen MR) is 134 cm³/mol. The average molecular weight is 514 g/mol. The van der Waals surface area contributed by atoms with Gasteiger partial charge in [-0.2, -0.15) is 0 Å². The SMILES string of the molecule is COC(=O)[C@@H]1C[C@@H]2CN1C(=O)[C@H](C(C)(C)C)NC(=O)OCCCC=Cc1cccc3c1CN(C3)C(=O)O2. The van der Waals surface area contributed by atoms with Crippen LogP contribution in [0, 0.1) is 5.41 Å². The normalized spacial score (nSPS) is 25.0. The van der Waals surface area contributed by atoms with Crippen LogP contribution in [0.5, 0.6) is 0 Å². The third-order valence-corrected chi connectivity index (χ3v) is 6.99. The van der Waals surface area contributed by atoms with Crippen molar-refractivity contribution in [3.63, 3.8) is 0 Å². The molecular formula is C27H35N3O7. The summed E-state index contributed by atoms with van der Waals surface area (Å²) in [6.45, 7) is 6.50. The number of ether oxygens (including phenoxy) is 3. The van der Waals surface area contributed by atoms with Crippen LogP contribution in [0.1, 0.15) is 56.7 Å². The zero-order chi connectivity index (χ0) is 26.7. The number of amides is 3. The van der Waals surface area contributed by atoms with E-state index in [9.17, 15) is 19.2 Å². The molecule has 37 heavy (non-hydrogen) atoms. The maximum absolute atomic E-state index is 13.7. The molecule has 3 aliphatic rings. The molecule has 4 rings (SSSR count). The molecule has 0 aliphatic carbocycles. The molecule has 200 valence electrons. The van der Waals surface area contributed by atoms with Crippen molar-refractivity contribution in [2.75, 3.05) is 20.3 Å². The van der Waals surface area contributed by atoms with E-state index in [1.54, 1.807) is 4.90 Å². The van der Waals surface area contributed by atoms with E-state index in [1.165, 1.54) is 12.0 Å². The van der Waals surface area contributed by atoms with Crippen LogP contribution >= 0.6 is 0 Å². The molecule has 1 saturated heterocycles. The Hall–Kier alpha value is -3.56. The quantitative estimate of drug-likeness (QED) is 0.453. The second kappa shape index (κ2) is 10.8. The third kappa shape index (κ3) is 5.89. The molecule has 1 N–H and O–H groups in total. The maximum atomic E-state index is 13.7. The van der Waals surface area contributed by atoms with E-state index in [0.29, 0.717) is 25.9 Å². The maximum Gasteiger partial charge on any atom is 0.410 e. The Labute approximate surface area is 216 Å². The van der Waals surface area contributed by atoms with Gasteiger partial charge in [0.25, 0.3) is 0 Å². The van der Waals surface area contributed by atoms with E-state index in [1.807, 2.05) is 51.1 Å². The second-order valence-corrected chi connectivity index (χ2v) is 10.7.